The lowest BCUT2D eigenvalue weighted by atomic mass is 9.87. The van der Waals surface area contributed by atoms with Gasteiger partial charge in [0.2, 0.25) is 0 Å². The van der Waals surface area contributed by atoms with E-state index in [1.165, 1.54) is 5.56 Å². The van der Waals surface area contributed by atoms with Gasteiger partial charge in [-0.15, -0.1) is 0 Å². The highest BCUT2D eigenvalue weighted by Crippen LogP contribution is 2.39. The Kier molecular flexibility index (Phi) is 3.55. The first-order valence-electron chi connectivity index (χ1n) is 7.79. The molecule has 2 heterocycles. The summed E-state index contributed by atoms with van der Waals surface area (Å²) in [6.07, 6.45) is 2.66. The second kappa shape index (κ2) is 5.59. The minimum Gasteiger partial charge on any atom is -0.506 e. The first-order valence-corrected chi connectivity index (χ1v) is 8.17. The second-order valence-corrected chi connectivity index (χ2v) is 6.66. The van der Waals surface area contributed by atoms with Gasteiger partial charge in [-0.3, -0.25) is 0 Å². The first-order chi connectivity index (χ1) is 11.1. The molecule has 1 aromatic heterocycles. The highest BCUT2D eigenvalue weighted by atomic mass is 35.5. The van der Waals surface area contributed by atoms with Crippen LogP contribution >= 0.6 is 11.6 Å². The van der Waals surface area contributed by atoms with Gasteiger partial charge in [0, 0.05) is 30.0 Å². The standard InChI is InChI=1S/C19H18ClNO2/c1-21-7-5-13-9-17(20)18(22)10-15(13)16(11-21)14-4-2-3-12-6-8-23-19(12)14/h2-4,6,8-10,16,22H,5,7,11H2,1H3. The Bertz CT molecular complexity index is 871. The van der Waals surface area contributed by atoms with E-state index < -0.39 is 0 Å². The first kappa shape index (κ1) is 14.6. The van der Waals surface area contributed by atoms with Crippen LogP contribution in [0.25, 0.3) is 11.0 Å². The molecule has 0 aliphatic carbocycles. The van der Waals surface area contributed by atoms with Crippen LogP contribution in [0.15, 0.2) is 47.1 Å². The molecule has 0 saturated carbocycles. The van der Waals surface area contributed by atoms with Crippen molar-refractivity contribution in [3.8, 4) is 5.75 Å². The van der Waals surface area contributed by atoms with Crippen LogP contribution in [-0.2, 0) is 6.42 Å². The van der Waals surface area contributed by atoms with Crippen LogP contribution in [0.5, 0.6) is 5.75 Å². The van der Waals surface area contributed by atoms with Gasteiger partial charge in [-0.25, -0.2) is 0 Å². The Hall–Kier alpha value is -1.97. The molecular weight excluding hydrogens is 310 g/mol. The van der Waals surface area contributed by atoms with Crippen LogP contribution in [0.2, 0.25) is 5.02 Å². The molecule has 1 N–H and O–H groups in total. The van der Waals surface area contributed by atoms with E-state index in [2.05, 4.69) is 30.1 Å². The van der Waals surface area contributed by atoms with E-state index in [1.807, 2.05) is 18.2 Å². The minimum absolute atomic E-state index is 0.145. The zero-order valence-corrected chi connectivity index (χ0v) is 13.7. The van der Waals surface area contributed by atoms with Crippen LogP contribution in [0.3, 0.4) is 0 Å². The van der Waals surface area contributed by atoms with E-state index in [1.54, 1.807) is 6.26 Å². The van der Waals surface area contributed by atoms with Crippen LogP contribution in [0.4, 0.5) is 0 Å². The number of aromatic hydroxyl groups is 1. The highest BCUT2D eigenvalue weighted by molar-refractivity contribution is 6.32. The Balaban J connectivity index is 1.93. The number of hydrogen-bond acceptors (Lipinski definition) is 3. The zero-order chi connectivity index (χ0) is 16.0. The molecule has 1 unspecified atom stereocenters. The maximum atomic E-state index is 10.1. The molecule has 1 atom stereocenters. The number of furan rings is 1. The molecule has 3 nitrogen and oxygen atoms in total. The smallest absolute Gasteiger partial charge is 0.137 e. The number of benzene rings is 2. The number of fused-ring (bicyclic) bond motifs is 2. The maximum absolute atomic E-state index is 10.1. The predicted molar refractivity (Wildman–Crippen MR) is 92.4 cm³/mol. The fourth-order valence-electron chi connectivity index (χ4n) is 3.53. The Morgan fingerprint density at radius 2 is 2.09 bits per heavy atom. The van der Waals surface area contributed by atoms with Crippen molar-refractivity contribution in [2.24, 2.45) is 0 Å². The van der Waals surface area contributed by atoms with Gasteiger partial charge in [0.05, 0.1) is 11.3 Å². The molecule has 3 aromatic rings. The molecule has 0 fully saturated rings. The average molecular weight is 328 g/mol. The lowest BCUT2D eigenvalue weighted by Gasteiger charge is -2.22. The van der Waals surface area contributed by atoms with E-state index in [-0.39, 0.29) is 11.7 Å². The minimum atomic E-state index is 0.145. The van der Waals surface area contributed by atoms with E-state index in [9.17, 15) is 5.11 Å². The molecule has 1 aliphatic heterocycles. The lowest BCUT2D eigenvalue weighted by Crippen LogP contribution is -2.24. The number of nitrogens with zero attached hydrogens (tertiary/aromatic N) is 1. The normalized spacial score (nSPS) is 18.8. The summed E-state index contributed by atoms with van der Waals surface area (Å²) in [5, 5.41) is 11.6. The van der Waals surface area contributed by atoms with Crippen molar-refractivity contribution in [1.29, 1.82) is 0 Å². The summed E-state index contributed by atoms with van der Waals surface area (Å²) in [4.78, 5) is 2.32. The van der Waals surface area contributed by atoms with Crippen LogP contribution in [-0.4, -0.2) is 30.1 Å². The number of likely N-dealkylation sites (N-methyl/N-ethyl adjacent to an activating group) is 1. The summed E-state index contributed by atoms with van der Waals surface area (Å²) in [5.41, 5.74) is 4.42. The molecule has 0 radical (unpaired) electrons. The fourth-order valence-corrected chi connectivity index (χ4v) is 3.72. The molecule has 0 saturated heterocycles. The van der Waals surface area contributed by atoms with Crippen molar-refractivity contribution >= 4 is 22.6 Å². The van der Waals surface area contributed by atoms with Crippen LogP contribution < -0.4 is 0 Å². The maximum Gasteiger partial charge on any atom is 0.137 e. The average Bonchev–Trinajstić information content (AvgIpc) is 2.96. The molecule has 118 valence electrons. The lowest BCUT2D eigenvalue weighted by molar-refractivity contribution is 0.337. The summed E-state index contributed by atoms with van der Waals surface area (Å²) in [6, 6.07) is 11.9. The van der Waals surface area contributed by atoms with E-state index in [4.69, 9.17) is 16.0 Å². The number of phenols is 1. The van der Waals surface area contributed by atoms with Gasteiger partial charge in [0.25, 0.3) is 0 Å². The quantitative estimate of drug-likeness (QED) is 0.719. The monoisotopic (exact) mass is 327 g/mol. The molecule has 0 spiro atoms. The van der Waals surface area contributed by atoms with E-state index >= 15 is 0 Å². The summed E-state index contributed by atoms with van der Waals surface area (Å²) in [5.74, 6) is 0.294. The third-order valence-corrected chi connectivity index (χ3v) is 5.03. The molecule has 1 aliphatic rings. The van der Waals surface area contributed by atoms with Crippen molar-refractivity contribution in [2.45, 2.75) is 12.3 Å². The van der Waals surface area contributed by atoms with Gasteiger partial charge >= 0.3 is 0 Å². The molecular formula is C19H18ClNO2. The zero-order valence-electron chi connectivity index (χ0n) is 12.9. The van der Waals surface area contributed by atoms with E-state index in [0.29, 0.717) is 5.02 Å². The van der Waals surface area contributed by atoms with Crippen LogP contribution in [0, 0.1) is 0 Å². The van der Waals surface area contributed by atoms with Crippen molar-refractivity contribution in [1.82, 2.24) is 4.90 Å². The third-order valence-electron chi connectivity index (χ3n) is 4.73. The molecule has 23 heavy (non-hydrogen) atoms. The number of halogens is 1. The summed E-state index contributed by atoms with van der Waals surface area (Å²) < 4.78 is 5.74. The van der Waals surface area contributed by atoms with Gasteiger partial charge < -0.3 is 14.4 Å². The molecule has 2 aromatic carbocycles. The van der Waals surface area contributed by atoms with Gasteiger partial charge in [-0.2, -0.15) is 0 Å². The Morgan fingerprint density at radius 3 is 2.96 bits per heavy atom. The number of para-hydroxylation sites is 1. The molecule has 4 rings (SSSR count). The molecule has 4 heteroatoms. The summed E-state index contributed by atoms with van der Waals surface area (Å²) in [6.45, 7) is 1.85. The fraction of sp³-hybridized carbons (Fsp3) is 0.263. The predicted octanol–water partition coefficient (Wildman–Crippen LogP) is 4.41. The Labute approximate surface area is 140 Å². The molecule has 0 amide bonds. The SMILES string of the molecule is CN1CCc2cc(Cl)c(O)cc2C(c2cccc3ccoc23)C1. The van der Waals surface area contributed by atoms with Crippen molar-refractivity contribution in [3.05, 3.63) is 64.4 Å². The van der Waals surface area contributed by atoms with Gasteiger partial charge in [-0.05, 0) is 42.8 Å². The largest absolute Gasteiger partial charge is 0.506 e. The Morgan fingerprint density at radius 1 is 1.22 bits per heavy atom. The van der Waals surface area contributed by atoms with E-state index in [0.717, 1.165) is 41.6 Å². The van der Waals surface area contributed by atoms with Crippen molar-refractivity contribution < 1.29 is 9.52 Å². The topological polar surface area (TPSA) is 36.6 Å². The highest BCUT2D eigenvalue weighted by Gasteiger charge is 2.26. The van der Waals surface area contributed by atoms with Crippen molar-refractivity contribution in [3.63, 3.8) is 0 Å². The summed E-state index contributed by atoms with van der Waals surface area (Å²) in [7, 11) is 2.13. The van der Waals surface area contributed by atoms with Crippen LogP contribution in [0.1, 0.15) is 22.6 Å². The molecule has 0 bridgehead atoms. The third kappa shape index (κ3) is 2.50. The number of phenolic OH excluding ortho intramolecular Hbond substituents is 1. The van der Waals surface area contributed by atoms with Gasteiger partial charge in [0.1, 0.15) is 11.3 Å². The van der Waals surface area contributed by atoms with Gasteiger partial charge in [-0.1, -0.05) is 29.8 Å². The second-order valence-electron chi connectivity index (χ2n) is 6.25. The number of rotatable bonds is 1. The number of hydrogen-bond donors (Lipinski definition) is 1. The van der Waals surface area contributed by atoms with Crippen molar-refractivity contribution in [2.75, 3.05) is 20.1 Å². The van der Waals surface area contributed by atoms with Gasteiger partial charge in [0.15, 0.2) is 0 Å². The summed E-state index contributed by atoms with van der Waals surface area (Å²) >= 11 is 6.12.